The molecule has 3 rings (SSSR count). The Balaban J connectivity index is 2.19. The quantitative estimate of drug-likeness (QED) is 0.672. The maximum absolute atomic E-state index is 10.0. The summed E-state index contributed by atoms with van der Waals surface area (Å²) in [6.07, 6.45) is 2.96. The maximum atomic E-state index is 10.0. The fourth-order valence-electron chi connectivity index (χ4n) is 3.81. The number of amidine groups is 1. The average Bonchev–Trinajstić information content (AvgIpc) is 2.69. The third kappa shape index (κ3) is 3.26. The first-order chi connectivity index (χ1) is 13.4. The molecule has 0 aliphatic carbocycles. The molecule has 28 heavy (non-hydrogen) atoms. The zero-order valence-electron chi connectivity index (χ0n) is 15.7. The Bertz CT molecular complexity index is 1000. The third-order valence-electron chi connectivity index (χ3n) is 5.43. The van der Waals surface area contributed by atoms with E-state index in [2.05, 4.69) is 41.2 Å². The molecular formula is C21H22N6S. The lowest BCUT2D eigenvalue weighted by Crippen LogP contribution is -2.32. The van der Waals surface area contributed by atoms with Gasteiger partial charge in [-0.25, -0.2) is 4.99 Å². The average molecular weight is 391 g/mol. The molecule has 2 aliphatic rings. The van der Waals surface area contributed by atoms with E-state index in [9.17, 15) is 10.5 Å². The van der Waals surface area contributed by atoms with E-state index in [1.165, 1.54) is 6.20 Å². The molecule has 2 atom stereocenters. The highest BCUT2D eigenvalue weighted by Gasteiger charge is 2.36. The van der Waals surface area contributed by atoms with E-state index >= 15 is 0 Å². The third-order valence-corrected chi connectivity index (χ3v) is 5.93. The van der Waals surface area contributed by atoms with E-state index in [0.29, 0.717) is 39.6 Å². The SMILES string of the molecule is C=C1CC(C2=C(C#N)C(c3cccc(C#N)c3S)/C(=C/N)C(N)=N2)CCN1C. The van der Waals surface area contributed by atoms with Crippen LogP contribution in [0.4, 0.5) is 0 Å². The number of thiol groups is 1. The van der Waals surface area contributed by atoms with Gasteiger partial charge in [0.25, 0.3) is 0 Å². The highest BCUT2D eigenvalue weighted by atomic mass is 32.1. The van der Waals surface area contributed by atoms with Crippen LogP contribution in [0.5, 0.6) is 0 Å². The first-order valence-electron chi connectivity index (χ1n) is 8.94. The first-order valence-corrected chi connectivity index (χ1v) is 9.39. The molecule has 1 aromatic carbocycles. The minimum absolute atomic E-state index is 0.0567. The van der Waals surface area contributed by atoms with E-state index in [4.69, 9.17) is 11.5 Å². The molecule has 6 nitrogen and oxygen atoms in total. The van der Waals surface area contributed by atoms with E-state index in [-0.39, 0.29) is 5.92 Å². The first kappa shape index (κ1) is 19.6. The zero-order chi connectivity index (χ0) is 20.4. The highest BCUT2D eigenvalue weighted by molar-refractivity contribution is 7.80. The molecule has 0 saturated carbocycles. The van der Waals surface area contributed by atoms with E-state index in [1.807, 2.05) is 13.1 Å². The number of piperidine rings is 1. The Kier molecular flexibility index (Phi) is 5.48. The summed E-state index contributed by atoms with van der Waals surface area (Å²) < 4.78 is 0. The Labute approximate surface area is 170 Å². The standard InChI is InChI=1S/C21H22N6S/c1-12-8-13(6-7-27(12)2)19-16(10-23)18(17(11-24)21(25)26-19)15-5-3-4-14(9-22)20(15)28/h3-5,11,13,18,28H,1,6-8,24H2,2H3,(H2,25,26)/b17-11-. The number of hydrogen-bond acceptors (Lipinski definition) is 7. The molecule has 1 fully saturated rings. The number of benzene rings is 1. The second kappa shape index (κ2) is 7.84. The van der Waals surface area contributed by atoms with Crippen LogP contribution in [0.2, 0.25) is 0 Å². The number of nitrogens with zero attached hydrogens (tertiary/aromatic N) is 4. The van der Waals surface area contributed by atoms with Crippen molar-refractivity contribution in [1.29, 1.82) is 10.5 Å². The van der Waals surface area contributed by atoms with E-state index < -0.39 is 5.92 Å². The van der Waals surface area contributed by atoms with Crippen LogP contribution < -0.4 is 11.5 Å². The molecule has 4 N–H and O–H groups in total. The fourth-order valence-corrected chi connectivity index (χ4v) is 4.14. The minimum Gasteiger partial charge on any atom is -0.404 e. The molecular weight excluding hydrogens is 368 g/mol. The topological polar surface area (TPSA) is 115 Å². The summed E-state index contributed by atoms with van der Waals surface area (Å²) in [7, 11) is 2.01. The predicted octanol–water partition coefficient (Wildman–Crippen LogP) is 2.78. The van der Waals surface area contributed by atoms with Gasteiger partial charge in [0, 0.05) is 41.9 Å². The van der Waals surface area contributed by atoms with Crippen molar-refractivity contribution in [3.05, 3.63) is 64.6 Å². The molecule has 2 unspecified atom stereocenters. The van der Waals surface area contributed by atoms with Crippen molar-refractivity contribution in [2.75, 3.05) is 13.6 Å². The molecule has 0 aromatic heterocycles. The van der Waals surface area contributed by atoms with Crippen LogP contribution >= 0.6 is 12.6 Å². The lowest BCUT2D eigenvalue weighted by Gasteiger charge is -2.35. The molecule has 0 radical (unpaired) electrons. The van der Waals surface area contributed by atoms with Gasteiger partial charge in [-0.3, -0.25) is 0 Å². The number of nitriles is 2. The minimum atomic E-state index is -0.503. The summed E-state index contributed by atoms with van der Waals surface area (Å²) in [5.74, 6) is -0.154. The molecule has 7 heteroatoms. The van der Waals surface area contributed by atoms with Crippen molar-refractivity contribution in [3.63, 3.8) is 0 Å². The predicted molar refractivity (Wildman–Crippen MR) is 112 cm³/mol. The molecule has 0 spiro atoms. The second-order valence-corrected chi connectivity index (χ2v) is 7.44. The van der Waals surface area contributed by atoms with Gasteiger partial charge in [-0.05, 0) is 24.5 Å². The zero-order valence-corrected chi connectivity index (χ0v) is 16.6. The number of rotatable bonds is 2. The maximum Gasteiger partial charge on any atom is 0.129 e. The lowest BCUT2D eigenvalue weighted by molar-refractivity contribution is 0.299. The van der Waals surface area contributed by atoms with Gasteiger partial charge < -0.3 is 16.4 Å². The summed E-state index contributed by atoms with van der Waals surface area (Å²) in [5, 5.41) is 19.4. The van der Waals surface area contributed by atoms with Crippen molar-refractivity contribution in [2.45, 2.75) is 23.7 Å². The number of aliphatic imine (C=N–C) groups is 1. The lowest BCUT2D eigenvalue weighted by atomic mass is 9.78. The molecule has 2 heterocycles. The summed E-state index contributed by atoms with van der Waals surface area (Å²) in [4.78, 5) is 7.20. The largest absolute Gasteiger partial charge is 0.404 e. The van der Waals surface area contributed by atoms with Crippen molar-refractivity contribution in [3.8, 4) is 12.1 Å². The monoisotopic (exact) mass is 390 g/mol. The normalized spacial score (nSPS) is 24.0. The van der Waals surface area contributed by atoms with Crippen molar-refractivity contribution >= 4 is 18.5 Å². The highest BCUT2D eigenvalue weighted by Crippen LogP contribution is 2.44. The van der Waals surface area contributed by atoms with Gasteiger partial charge in [-0.15, -0.1) is 12.6 Å². The van der Waals surface area contributed by atoms with Gasteiger partial charge in [0.2, 0.25) is 0 Å². The van der Waals surface area contributed by atoms with Gasteiger partial charge >= 0.3 is 0 Å². The van der Waals surface area contributed by atoms with E-state index in [1.54, 1.807) is 12.1 Å². The van der Waals surface area contributed by atoms with Crippen molar-refractivity contribution in [2.24, 2.45) is 22.4 Å². The second-order valence-electron chi connectivity index (χ2n) is 7.00. The smallest absolute Gasteiger partial charge is 0.129 e. The van der Waals surface area contributed by atoms with Crippen LogP contribution in [0.1, 0.15) is 29.9 Å². The summed E-state index contributed by atoms with van der Waals surface area (Å²) >= 11 is 4.55. The van der Waals surface area contributed by atoms with Gasteiger partial charge in [-0.1, -0.05) is 18.7 Å². The number of nitrogens with two attached hydrogens (primary N) is 2. The van der Waals surface area contributed by atoms with Gasteiger partial charge in [-0.2, -0.15) is 10.5 Å². The van der Waals surface area contributed by atoms with Crippen molar-refractivity contribution < 1.29 is 0 Å². The summed E-state index contributed by atoms with van der Waals surface area (Å²) in [6, 6.07) is 9.78. The van der Waals surface area contributed by atoms with Gasteiger partial charge in [0.05, 0.1) is 28.8 Å². The molecule has 0 amide bonds. The van der Waals surface area contributed by atoms with Crippen molar-refractivity contribution in [1.82, 2.24) is 4.90 Å². The number of allylic oxidation sites excluding steroid dienone is 3. The molecule has 1 saturated heterocycles. The van der Waals surface area contributed by atoms with E-state index in [0.717, 1.165) is 24.2 Å². The molecule has 1 aromatic rings. The van der Waals surface area contributed by atoms with Crippen LogP contribution in [0.25, 0.3) is 0 Å². The fraction of sp³-hybridized carbons (Fsp3) is 0.286. The Morgan fingerprint density at radius 2 is 2.11 bits per heavy atom. The van der Waals surface area contributed by atoms with Crippen LogP contribution in [0.3, 0.4) is 0 Å². The molecule has 0 bridgehead atoms. The summed E-state index contributed by atoms with van der Waals surface area (Å²) in [5.41, 5.74) is 16.0. The van der Waals surface area contributed by atoms with Crippen LogP contribution in [-0.4, -0.2) is 24.3 Å². The van der Waals surface area contributed by atoms with Crippen LogP contribution in [-0.2, 0) is 0 Å². The Hall–Kier alpha value is -3.16. The molecule has 2 aliphatic heterocycles. The van der Waals surface area contributed by atoms with Crippen LogP contribution in [0.15, 0.2) is 63.4 Å². The Morgan fingerprint density at radius 1 is 1.36 bits per heavy atom. The van der Waals surface area contributed by atoms with Gasteiger partial charge in [0.15, 0.2) is 0 Å². The Morgan fingerprint density at radius 3 is 2.71 bits per heavy atom. The number of likely N-dealkylation sites (tertiary alicyclic amines) is 1. The van der Waals surface area contributed by atoms with Gasteiger partial charge in [0.1, 0.15) is 11.9 Å². The van der Waals surface area contributed by atoms with Crippen LogP contribution in [0, 0.1) is 28.6 Å². The number of hydrogen-bond donors (Lipinski definition) is 3. The summed E-state index contributed by atoms with van der Waals surface area (Å²) in [6.45, 7) is 4.96. The molecule has 142 valence electrons.